The van der Waals surface area contributed by atoms with Crippen LogP contribution in [0.4, 0.5) is 18.9 Å². The summed E-state index contributed by atoms with van der Waals surface area (Å²) in [4.78, 5) is 15.9. The van der Waals surface area contributed by atoms with Crippen molar-refractivity contribution in [1.29, 1.82) is 5.26 Å². The maximum absolute atomic E-state index is 13.2. The maximum atomic E-state index is 13.2. The van der Waals surface area contributed by atoms with Gasteiger partial charge in [0.25, 0.3) is 0 Å². The largest absolute Gasteiger partial charge is 0.417 e. The second-order valence-electron chi connectivity index (χ2n) is 5.31. The number of hydrogen-bond acceptors (Lipinski definition) is 2. The number of nitrogens with zero attached hydrogens (tertiary/aromatic N) is 4. The van der Waals surface area contributed by atoms with E-state index in [1.54, 1.807) is 12.1 Å². The number of alkyl halides is 3. The molecule has 2 aromatic carbocycles. The SMILES string of the molecule is N#Cc1ccc(N(CCc2ccccc2)C(=O)C=[N+]=[N-])cc1C(F)(F)F. The summed E-state index contributed by atoms with van der Waals surface area (Å²) < 4.78 is 39.5. The Bertz CT molecular complexity index is 882. The Morgan fingerprint density at radius 3 is 2.50 bits per heavy atom. The Kier molecular flexibility index (Phi) is 5.89. The van der Waals surface area contributed by atoms with Crippen LogP contribution in [-0.4, -0.2) is 23.5 Å². The quantitative estimate of drug-likeness (QED) is 0.466. The molecule has 0 bridgehead atoms. The van der Waals surface area contributed by atoms with Crippen molar-refractivity contribution in [2.45, 2.75) is 12.6 Å². The van der Waals surface area contributed by atoms with Gasteiger partial charge in [-0.15, -0.1) is 0 Å². The predicted octanol–water partition coefficient (Wildman–Crippen LogP) is 3.45. The van der Waals surface area contributed by atoms with Crippen LogP contribution < -0.4 is 4.90 Å². The van der Waals surface area contributed by atoms with Crippen LogP contribution in [0.3, 0.4) is 0 Å². The fraction of sp³-hybridized carbons (Fsp3) is 0.167. The number of hydrogen-bond donors (Lipinski definition) is 0. The summed E-state index contributed by atoms with van der Waals surface area (Å²) in [5.41, 5.74) is 7.76. The smallest absolute Gasteiger partial charge is 0.361 e. The van der Waals surface area contributed by atoms with Gasteiger partial charge >= 0.3 is 18.3 Å². The van der Waals surface area contributed by atoms with E-state index >= 15 is 0 Å². The van der Waals surface area contributed by atoms with E-state index in [9.17, 15) is 18.0 Å². The molecule has 0 heterocycles. The monoisotopic (exact) mass is 358 g/mol. The number of amides is 1. The van der Waals surface area contributed by atoms with Crippen LogP contribution in [-0.2, 0) is 17.4 Å². The van der Waals surface area contributed by atoms with E-state index in [0.717, 1.165) is 22.6 Å². The Morgan fingerprint density at radius 2 is 1.92 bits per heavy atom. The molecule has 0 aromatic heterocycles. The number of rotatable bonds is 5. The lowest BCUT2D eigenvalue weighted by Gasteiger charge is -2.21. The Balaban J connectivity index is 2.40. The molecule has 0 unspecified atom stereocenters. The number of carbonyl (C=O) groups is 1. The molecule has 0 saturated carbocycles. The van der Waals surface area contributed by atoms with Crippen molar-refractivity contribution in [3.63, 3.8) is 0 Å². The minimum absolute atomic E-state index is 0.0443. The van der Waals surface area contributed by atoms with Crippen LogP contribution in [0.5, 0.6) is 0 Å². The molecule has 0 N–H and O–H groups in total. The van der Waals surface area contributed by atoms with E-state index in [0.29, 0.717) is 12.6 Å². The summed E-state index contributed by atoms with van der Waals surface area (Å²) in [7, 11) is 0. The molecule has 2 aromatic rings. The van der Waals surface area contributed by atoms with E-state index in [4.69, 9.17) is 10.8 Å². The highest BCUT2D eigenvalue weighted by molar-refractivity contribution is 6.30. The van der Waals surface area contributed by atoms with Crippen molar-refractivity contribution in [2.24, 2.45) is 0 Å². The van der Waals surface area contributed by atoms with E-state index in [-0.39, 0.29) is 12.2 Å². The second kappa shape index (κ2) is 8.10. The van der Waals surface area contributed by atoms with Crippen molar-refractivity contribution in [3.8, 4) is 6.07 Å². The third kappa shape index (κ3) is 4.56. The lowest BCUT2D eigenvalue weighted by Crippen LogP contribution is -2.34. The molecule has 0 saturated heterocycles. The van der Waals surface area contributed by atoms with Gasteiger partial charge in [0.05, 0.1) is 17.2 Å². The zero-order chi connectivity index (χ0) is 19.2. The summed E-state index contributed by atoms with van der Waals surface area (Å²) in [5.74, 6) is -0.777. The van der Waals surface area contributed by atoms with Gasteiger partial charge in [-0.25, -0.2) is 0 Å². The fourth-order valence-electron chi connectivity index (χ4n) is 2.40. The Hall–Kier alpha value is -3.43. The first-order valence-corrected chi connectivity index (χ1v) is 7.51. The fourth-order valence-corrected chi connectivity index (χ4v) is 2.40. The molecular weight excluding hydrogens is 345 g/mol. The van der Waals surface area contributed by atoms with Gasteiger partial charge in [-0.05, 0) is 30.2 Å². The maximum Gasteiger partial charge on any atom is 0.417 e. The molecule has 0 aliphatic rings. The zero-order valence-corrected chi connectivity index (χ0v) is 13.4. The number of carbonyl (C=O) groups excluding carboxylic acids is 1. The average molecular weight is 358 g/mol. The zero-order valence-electron chi connectivity index (χ0n) is 13.4. The first-order valence-electron chi connectivity index (χ1n) is 7.51. The molecule has 26 heavy (non-hydrogen) atoms. The summed E-state index contributed by atoms with van der Waals surface area (Å²) in [6, 6.07) is 13.6. The van der Waals surface area contributed by atoms with Gasteiger partial charge in [-0.2, -0.15) is 23.2 Å². The second-order valence-corrected chi connectivity index (χ2v) is 5.31. The van der Waals surface area contributed by atoms with Crippen LogP contribution in [0, 0.1) is 11.3 Å². The molecule has 0 spiro atoms. The van der Waals surface area contributed by atoms with Crippen molar-refractivity contribution in [3.05, 3.63) is 70.8 Å². The number of benzene rings is 2. The number of nitriles is 1. The summed E-state index contributed by atoms with van der Waals surface area (Å²) in [5, 5.41) is 8.87. The first-order chi connectivity index (χ1) is 12.4. The summed E-state index contributed by atoms with van der Waals surface area (Å²) >= 11 is 0. The van der Waals surface area contributed by atoms with E-state index < -0.39 is 23.2 Å². The van der Waals surface area contributed by atoms with Crippen LogP contribution in [0.15, 0.2) is 48.5 Å². The Labute approximate surface area is 147 Å². The highest BCUT2D eigenvalue weighted by Crippen LogP contribution is 2.34. The molecule has 132 valence electrons. The molecule has 8 heteroatoms. The molecule has 0 radical (unpaired) electrons. The summed E-state index contributed by atoms with van der Waals surface area (Å²) in [6.45, 7) is 0.0675. The molecule has 0 fully saturated rings. The van der Waals surface area contributed by atoms with E-state index in [1.807, 2.05) is 18.2 Å². The third-order valence-corrected chi connectivity index (χ3v) is 3.64. The van der Waals surface area contributed by atoms with Gasteiger partial charge in [0, 0.05) is 12.2 Å². The predicted molar refractivity (Wildman–Crippen MR) is 88.3 cm³/mol. The van der Waals surface area contributed by atoms with Crippen molar-refractivity contribution >= 4 is 17.8 Å². The van der Waals surface area contributed by atoms with Crippen LogP contribution >= 0.6 is 0 Å². The minimum Gasteiger partial charge on any atom is -0.361 e. The van der Waals surface area contributed by atoms with E-state index in [2.05, 4.69) is 4.79 Å². The van der Waals surface area contributed by atoms with Gasteiger partial charge in [0.1, 0.15) is 0 Å². The molecule has 1 amide bonds. The van der Waals surface area contributed by atoms with Crippen molar-refractivity contribution < 1.29 is 22.8 Å². The molecule has 5 nitrogen and oxygen atoms in total. The lowest BCUT2D eigenvalue weighted by atomic mass is 10.1. The van der Waals surface area contributed by atoms with Crippen LogP contribution in [0.2, 0.25) is 0 Å². The van der Waals surface area contributed by atoms with Crippen LogP contribution in [0.1, 0.15) is 16.7 Å². The standard InChI is InChI=1S/C18H13F3N4O/c19-18(20,21)16-10-15(7-6-14(16)11-22)25(17(26)12-24-23)9-8-13-4-2-1-3-5-13/h1-7,10,12H,8-9H2. The van der Waals surface area contributed by atoms with Gasteiger partial charge in [-0.1, -0.05) is 30.3 Å². The van der Waals surface area contributed by atoms with Gasteiger partial charge in [0.2, 0.25) is 0 Å². The normalized spacial score (nSPS) is 10.5. The molecular formula is C18H13F3N4O. The molecule has 0 atom stereocenters. The van der Waals surface area contributed by atoms with Gasteiger partial charge < -0.3 is 10.4 Å². The third-order valence-electron chi connectivity index (χ3n) is 3.64. The van der Waals surface area contributed by atoms with Crippen molar-refractivity contribution in [2.75, 3.05) is 11.4 Å². The highest BCUT2D eigenvalue weighted by Gasteiger charge is 2.34. The lowest BCUT2D eigenvalue weighted by molar-refractivity contribution is -0.137. The Morgan fingerprint density at radius 1 is 1.23 bits per heavy atom. The topological polar surface area (TPSA) is 80.5 Å². The molecule has 0 aliphatic carbocycles. The van der Waals surface area contributed by atoms with Crippen LogP contribution in [0.25, 0.3) is 5.53 Å². The molecule has 2 rings (SSSR count). The van der Waals surface area contributed by atoms with Gasteiger partial charge in [0.15, 0.2) is 0 Å². The van der Waals surface area contributed by atoms with E-state index in [1.165, 1.54) is 12.1 Å². The van der Waals surface area contributed by atoms with Crippen molar-refractivity contribution in [1.82, 2.24) is 0 Å². The first kappa shape index (κ1) is 18.9. The average Bonchev–Trinajstić information content (AvgIpc) is 2.62. The number of halogens is 3. The van der Waals surface area contributed by atoms with Gasteiger partial charge in [-0.3, -0.25) is 4.79 Å². The highest BCUT2D eigenvalue weighted by atomic mass is 19.4. The number of anilines is 1. The molecule has 0 aliphatic heterocycles. The minimum atomic E-state index is -4.74. The summed E-state index contributed by atoms with van der Waals surface area (Å²) in [6.07, 6.45) is -3.75.